The normalized spacial score (nSPS) is 11.9. The van der Waals surface area contributed by atoms with Crippen LogP contribution in [0.5, 0.6) is 0 Å². The van der Waals surface area contributed by atoms with E-state index in [9.17, 15) is 0 Å². The maximum Gasteiger partial charge on any atom is 0.0437 e. The van der Waals surface area contributed by atoms with E-state index in [1.807, 2.05) is 6.92 Å². The van der Waals surface area contributed by atoms with Crippen molar-refractivity contribution in [1.82, 2.24) is 5.32 Å². The lowest BCUT2D eigenvalue weighted by Crippen LogP contribution is -2.22. The Hall–Kier alpha value is -1.78. The van der Waals surface area contributed by atoms with Crippen molar-refractivity contribution in [3.05, 3.63) is 48.0 Å². The molecule has 1 heteroatoms. The minimum absolute atomic E-state index is 0.318. The summed E-state index contributed by atoms with van der Waals surface area (Å²) in [6, 6.07) is 15.4. The first-order valence-electron chi connectivity index (χ1n) is 6.97. The third-order valence-corrected chi connectivity index (χ3v) is 3.32. The highest BCUT2D eigenvalue weighted by atomic mass is 14.9. The lowest BCUT2D eigenvalue weighted by atomic mass is 9.97. The van der Waals surface area contributed by atoms with Crippen LogP contribution in [0.2, 0.25) is 0 Å². The molecule has 1 nitrogen and oxygen atoms in total. The Morgan fingerprint density at radius 1 is 1.11 bits per heavy atom. The molecule has 19 heavy (non-hydrogen) atoms. The number of hydrogen-bond donors (Lipinski definition) is 1. The van der Waals surface area contributed by atoms with Gasteiger partial charge in [0.2, 0.25) is 0 Å². The molecule has 0 saturated heterocycles. The van der Waals surface area contributed by atoms with Gasteiger partial charge in [0.15, 0.2) is 0 Å². The van der Waals surface area contributed by atoms with Crippen LogP contribution in [-0.4, -0.2) is 6.54 Å². The van der Waals surface area contributed by atoms with Crippen LogP contribution in [0.1, 0.15) is 38.3 Å². The average molecular weight is 251 g/mol. The first-order chi connectivity index (χ1) is 9.36. The molecule has 1 unspecified atom stereocenters. The molecule has 0 amide bonds. The molecular weight excluding hydrogens is 230 g/mol. The second-order valence-electron chi connectivity index (χ2n) is 4.71. The van der Waals surface area contributed by atoms with Crippen molar-refractivity contribution in [2.75, 3.05) is 6.54 Å². The van der Waals surface area contributed by atoms with E-state index in [1.54, 1.807) is 0 Å². The number of nitrogens with one attached hydrogen (secondary N) is 1. The highest BCUT2D eigenvalue weighted by molar-refractivity contribution is 5.86. The van der Waals surface area contributed by atoms with Crippen molar-refractivity contribution in [3.63, 3.8) is 0 Å². The molecule has 2 aromatic carbocycles. The zero-order valence-corrected chi connectivity index (χ0v) is 11.7. The zero-order chi connectivity index (χ0) is 13.5. The maximum atomic E-state index is 3.61. The summed E-state index contributed by atoms with van der Waals surface area (Å²) in [6.07, 6.45) is 2.01. The van der Waals surface area contributed by atoms with Gasteiger partial charge in [-0.3, -0.25) is 0 Å². The fourth-order valence-electron chi connectivity index (χ4n) is 2.37. The van der Waals surface area contributed by atoms with E-state index < -0.39 is 0 Å². The molecule has 0 aliphatic rings. The number of fused-ring (bicyclic) bond motifs is 1. The number of hydrogen-bond acceptors (Lipinski definition) is 1. The van der Waals surface area contributed by atoms with Crippen molar-refractivity contribution in [2.45, 2.75) is 32.7 Å². The van der Waals surface area contributed by atoms with Crippen LogP contribution in [0.3, 0.4) is 0 Å². The van der Waals surface area contributed by atoms with E-state index in [0.717, 1.165) is 19.4 Å². The van der Waals surface area contributed by atoms with E-state index in [1.165, 1.54) is 16.3 Å². The van der Waals surface area contributed by atoms with Crippen molar-refractivity contribution in [3.8, 4) is 11.8 Å². The molecule has 0 aliphatic heterocycles. The molecule has 0 aliphatic carbocycles. The Bertz CT molecular complexity index is 584. The highest BCUT2D eigenvalue weighted by Gasteiger charge is 2.12. The molecule has 0 heterocycles. The highest BCUT2D eigenvalue weighted by Crippen LogP contribution is 2.26. The van der Waals surface area contributed by atoms with Gasteiger partial charge in [-0.05, 0) is 36.2 Å². The van der Waals surface area contributed by atoms with Gasteiger partial charge in [-0.15, -0.1) is 11.8 Å². The van der Waals surface area contributed by atoms with E-state index in [4.69, 9.17) is 0 Å². The van der Waals surface area contributed by atoms with Crippen LogP contribution in [0.25, 0.3) is 10.8 Å². The Morgan fingerprint density at radius 3 is 2.68 bits per heavy atom. The predicted octanol–water partition coefficient (Wildman–Crippen LogP) is 4.29. The molecule has 1 atom stereocenters. The monoisotopic (exact) mass is 251 g/mol. The standard InChI is InChI=1S/C18H21N/c1-3-5-13-18(19-14-4-2)17-12-8-10-15-9-6-7-11-16(15)17/h6-12,18-19H,4,13-14H2,1-2H3. The minimum Gasteiger partial charge on any atom is -0.309 e. The fourth-order valence-corrected chi connectivity index (χ4v) is 2.37. The van der Waals surface area contributed by atoms with E-state index in [2.05, 4.69) is 66.5 Å². The molecule has 0 saturated carbocycles. The molecule has 0 spiro atoms. The first-order valence-corrected chi connectivity index (χ1v) is 6.97. The SMILES string of the molecule is CC#CCC(NCCC)c1cccc2ccccc12. The van der Waals surface area contributed by atoms with Crippen LogP contribution >= 0.6 is 0 Å². The van der Waals surface area contributed by atoms with Crippen molar-refractivity contribution in [2.24, 2.45) is 0 Å². The quantitative estimate of drug-likeness (QED) is 0.781. The van der Waals surface area contributed by atoms with Gasteiger partial charge >= 0.3 is 0 Å². The molecule has 1 N–H and O–H groups in total. The van der Waals surface area contributed by atoms with Crippen molar-refractivity contribution in [1.29, 1.82) is 0 Å². The summed E-state index contributed by atoms with van der Waals surface area (Å²) in [5, 5.41) is 6.24. The Balaban J connectivity index is 2.38. The summed E-state index contributed by atoms with van der Waals surface area (Å²) in [5.41, 5.74) is 1.36. The van der Waals surface area contributed by atoms with Crippen molar-refractivity contribution < 1.29 is 0 Å². The van der Waals surface area contributed by atoms with Gasteiger partial charge in [0, 0.05) is 12.5 Å². The van der Waals surface area contributed by atoms with E-state index >= 15 is 0 Å². The van der Waals surface area contributed by atoms with Gasteiger partial charge in [-0.25, -0.2) is 0 Å². The third-order valence-electron chi connectivity index (χ3n) is 3.32. The molecule has 0 aromatic heterocycles. The predicted molar refractivity (Wildman–Crippen MR) is 83.0 cm³/mol. The fraction of sp³-hybridized carbons (Fsp3) is 0.333. The van der Waals surface area contributed by atoms with Gasteiger partial charge in [0.1, 0.15) is 0 Å². The molecule has 0 fully saturated rings. The summed E-state index contributed by atoms with van der Waals surface area (Å²) in [7, 11) is 0. The molecule has 0 radical (unpaired) electrons. The van der Waals surface area contributed by atoms with Crippen LogP contribution in [0, 0.1) is 11.8 Å². The third kappa shape index (κ3) is 3.36. The van der Waals surface area contributed by atoms with Gasteiger partial charge in [-0.2, -0.15) is 0 Å². The van der Waals surface area contributed by atoms with Crippen molar-refractivity contribution >= 4 is 10.8 Å². The van der Waals surface area contributed by atoms with Gasteiger partial charge in [0.25, 0.3) is 0 Å². The van der Waals surface area contributed by atoms with Gasteiger partial charge in [-0.1, -0.05) is 49.4 Å². The zero-order valence-electron chi connectivity index (χ0n) is 11.7. The maximum absolute atomic E-state index is 3.61. The molecule has 98 valence electrons. The largest absolute Gasteiger partial charge is 0.309 e. The van der Waals surface area contributed by atoms with Gasteiger partial charge in [0.05, 0.1) is 0 Å². The Morgan fingerprint density at radius 2 is 1.89 bits per heavy atom. The van der Waals surface area contributed by atoms with Crippen LogP contribution in [-0.2, 0) is 0 Å². The Kier molecular flexibility index (Phi) is 5.01. The van der Waals surface area contributed by atoms with Crippen LogP contribution < -0.4 is 5.32 Å². The first kappa shape index (κ1) is 13.6. The summed E-state index contributed by atoms with van der Waals surface area (Å²) in [4.78, 5) is 0. The summed E-state index contributed by atoms with van der Waals surface area (Å²) in [6.45, 7) is 5.12. The molecule has 2 rings (SSSR count). The van der Waals surface area contributed by atoms with Gasteiger partial charge < -0.3 is 5.32 Å². The summed E-state index contributed by atoms with van der Waals surface area (Å²) >= 11 is 0. The van der Waals surface area contributed by atoms with Crippen LogP contribution in [0.4, 0.5) is 0 Å². The second kappa shape index (κ2) is 6.97. The topological polar surface area (TPSA) is 12.0 Å². The van der Waals surface area contributed by atoms with E-state index in [0.29, 0.717) is 6.04 Å². The summed E-state index contributed by atoms with van der Waals surface area (Å²) in [5.74, 6) is 6.21. The molecule has 2 aromatic rings. The molecular formula is C18H21N. The summed E-state index contributed by atoms with van der Waals surface area (Å²) < 4.78 is 0. The second-order valence-corrected chi connectivity index (χ2v) is 4.71. The van der Waals surface area contributed by atoms with E-state index in [-0.39, 0.29) is 0 Å². The lowest BCUT2D eigenvalue weighted by Gasteiger charge is -2.18. The van der Waals surface area contributed by atoms with Crippen LogP contribution in [0.15, 0.2) is 42.5 Å². The lowest BCUT2D eigenvalue weighted by molar-refractivity contribution is 0.545. The Labute approximate surface area is 116 Å². The average Bonchev–Trinajstić information content (AvgIpc) is 2.47. The number of benzene rings is 2. The number of rotatable bonds is 5. The minimum atomic E-state index is 0.318. The smallest absolute Gasteiger partial charge is 0.0437 e. The molecule has 0 bridgehead atoms.